The average Bonchev–Trinajstić information content (AvgIpc) is 3.45. The van der Waals surface area contributed by atoms with Gasteiger partial charge in [0.2, 0.25) is 10.0 Å². The summed E-state index contributed by atoms with van der Waals surface area (Å²) in [5.41, 5.74) is 7.54. The minimum Gasteiger partial charge on any atom is -0.399 e. The molecule has 3 saturated heterocycles. The molecular formula is C27H42BN3O8S. The van der Waals surface area contributed by atoms with E-state index in [9.17, 15) is 13.2 Å². The zero-order valence-electron chi connectivity index (χ0n) is 24.2. The summed E-state index contributed by atoms with van der Waals surface area (Å²) in [5, 5.41) is 0.890. The maximum atomic E-state index is 12.5. The predicted octanol–water partition coefficient (Wildman–Crippen LogP) is 1.75. The van der Waals surface area contributed by atoms with Gasteiger partial charge in [0.25, 0.3) is 5.91 Å². The molecule has 0 unspecified atom stereocenters. The fraction of sp³-hybridized carbons (Fsp3) is 0.667. The highest BCUT2D eigenvalue weighted by Crippen LogP contribution is 2.38. The smallest absolute Gasteiger partial charge is 0.399 e. The summed E-state index contributed by atoms with van der Waals surface area (Å²) >= 11 is 0. The topological polar surface area (TPSA) is 142 Å². The number of carbonyl (C=O) groups is 1. The molecule has 3 aliphatic heterocycles. The molecule has 0 atom stereocenters. The van der Waals surface area contributed by atoms with Gasteiger partial charge in [0.15, 0.2) is 0 Å². The molecule has 13 heteroatoms. The molecule has 40 heavy (non-hydrogen) atoms. The molecule has 0 bridgehead atoms. The lowest BCUT2D eigenvalue weighted by atomic mass is 9.76. The maximum absolute atomic E-state index is 12.5. The monoisotopic (exact) mass is 579 g/mol. The third-order valence-corrected chi connectivity index (χ3v) is 10.0. The number of carbonyl (C=O) groups excluding carboxylic acids is 1. The van der Waals surface area contributed by atoms with Crippen molar-refractivity contribution in [3.8, 4) is 0 Å². The van der Waals surface area contributed by atoms with Crippen molar-refractivity contribution in [2.24, 2.45) is 5.73 Å². The number of methoxy groups -OCH3 is 1. The summed E-state index contributed by atoms with van der Waals surface area (Å²) in [6, 6.07) is 3.73. The first-order valence-electron chi connectivity index (χ1n) is 13.8. The van der Waals surface area contributed by atoms with Crippen LogP contribution >= 0.6 is 0 Å². The number of aromatic nitrogens is 1. The molecule has 0 aliphatic carbocycles. The van der Waals surface area contributed by atoms with Gasteiger partial charge < -0.3 is 34.2 Å². The van der Waals surface area contributed by atoms with E-state index < -0.39 is 34.3 Å². The molecular weight excluding hydrogens is 537 g/mol. The number of sulfonamides is 1. The molecule has 4 heterocycles. The van der Waals surface area contributed by atoms with Crippen molar-refractivity contribution in [2.75, 3.05) is 59.0 Å². The number of benzene rings is 1. The summed E-state index contributed by atoms with van der Waals surface area (Å²) in [6.07, 6.45) is 3.28. The number of amides is 1. The molecule has 2 aromatic rings. The van der Waals surface area contributed by atoms with Crippen molar-refractivity contribution >= 4 is 39.4 Å². The van der Waals surface area contributed by atoms with Crippen LogP contribution in [0.5, 0.6) is 0 Å². The van der Waals surface area contributed by atoms with Crippen LogP contribution in [0.2, 0.25) is 0 Å². The van der Waals surface area contributed by atoms with Crippen molar-refractivity contribution < 1.29 is 36.7 Å². The van der Waals surface area contributed by atoms with Gasteiger partial charge in [0, 0.05) is 31.8 Å². The third-order valence-electron chi connectivity index (χ3n) is 8.21. The van der Waals surface area contributed by atoms with Crippen molar-refractivity contribution in [2.45, 2.75) is 57.7 Å². The zero-order valence-corrected chi connectivity index (χ0v) is 25.0. The second-order valence-electron chi connectivity index (χ2n) is 11.4. The first kappa shape index (κ1) is 31.0. The van der Waals surface area contributed by atoms with Crippen molar-refractivity contribution in [1.82, 2.24) is 9.29 Å². The molecule has 1 aromatic heterocycles. The second-order valence-corrected chi connectivity index (χ2v) is 13.5. The molecule has 3 aliphatic rings. The molecule has 1 aromatic carbocycles. The Labute approximate surface area is 237 Å². The number of nitrogens with one attached hydrogen (secondary N) is 1. The Kier molecular flexibility index (Phi) is 9.66. The fourth-order valence-electron chi connectivity index (χ4n) is 5.13. The van der Waals surface area contributed by atoms with Crippen molar-refractivity contribution in [3.05, 3.63) is 29.5 Å². The van der Waals surface area contributed by atoms with Crippen LogP contribution < -0.4 is 11.2 Å². The van der Waals surface area contributed by atoms with Gasteiger partial charge >= 0.3 is 7.12 Å². The van der Waals surface area contributed by atoms with Crippen LogP contribution in [0.4, 0.5) is 0 Å². The SMILES string of the molecule is C1COCCO1.COCCS(=O)(=O)N1CCC(c2c[nH]c3c(C(N)=O)cc(B4OC(C)(C)C(C)(C)O4)cc23)CC1. The first-order valence-corrected chi connectivity index (χ1v) is 15.4. The predicted molar refractivity (Wildman–Crippen MR) is 153 cm³/mol. The van der Waals surface area contributed by atoms with Gasteiger partial charge in [-0.15, -0.1) is 0 Å². The Morgan fingerprint density at radius 3 is 2.15 bits per heavy atom. The summed E-state index contributed by atoms with van der Waals surface area (Å²) in [6.45, 7) is 12.1. The molecule has 1 amide bonds. The van der Waals surface area contributed by atoms with Crippen LogP contribution in [-0.4, -0.2) is 101 Å². The Bertz CT molecular complexity index is 1260. The highest BCUT2D eigenvalue weighted by atomic mass is 32.2. The normalized spacial score (nSPS) is 21.8. The van der Waals surface area contributed by atoms with E-state index in [2.05, 4.69) is 4.98 Å². The Balaban J connectivity index is 0.000000546. The number of hydrogen-bond acceptors (Lipinski definition) is 8. The number of H-pyrrole nitrogens is 1. The molecule has 3 fully saturated rings. The van der Waals surface area contributed by atoms with Gasteiger partial charge in [0.1, 0.15) is 0 Å². The first-order chi connectivity index (χ1) is 18.9. The molecule has 3 N–H and O–H groups in total. The van der Waals surface area contributed by atoms with Crippen molar-refractivity contribution in [1.29, 1.82) is 0 Å². The van der Waals surface area contributed by atoms with E-state index >= 15 is 0 Å². The summed E-state index contributed by atoms with van der Waals surface area (Å²) in [5.74, 6) is -0.395. The van der Waals surface area contributed by atoms with E-state index in [1.807, 2.05) is 40.0 Å². The Hall–Kier alpha value is -2.00. The summed E-state index contributed by atoms with van der Waals surface area (Å²) in [7, 11) is -2.46. The van der Waals surface area contributed by atoms with Crippen LogP contribution in [0.1, 0.15) is 62.4 Å². The van der Waals surface area contributed by atoms with E-state index in [0.717, 1.165) is 42.8 Å². The standard InChI is InChI=1S/C23H34BN3O6S.C4H8O2/c1-22(2)23(3,4)33-24(32-22)16-12-17-19(14-26-20(17)18(13-16)21(25)28)15-6-8-27(9-7-15)34(29,30)11-10-31-5;1-2-6-4-3-5-1/h12-15,26H,6-11H2,1-5H3,(H2,25,28);1-4H2. The van der Waals surface area contributed by atoms with Gasteiger partial charge in [-0.1, -0.05) is 6.07 Å². The van der Waals surface area contributed by atoms with Gasteiger partial charge in [-0.3, -0.25) is 4.79 Å². The number of piperidine rings is 1. The number of fused-ring (bicyclic) bond motifs is 1. The molecule has 5 rings (SSSR count). The number of ether oxygens (including phenoxy) is 3. The molecule has 222 valence electrons. The largest absolute Gasteiger partial charge is 0.494 e. The van der Waals surface area contributed by atoms with Gasteiger partial charge in [-0.05, 0) is 63.5 Å². The number of nitrogens with two attached hydrogens (primary N) is 1. The molecule has 0 spiro atoms. The lowest BCUT2D eigenvalue weighted by Crippen LogP contribution is -2.41. The highest BCUT2D eigenvalue weighted by molar-refractivity contribution is 7.89. The van der Waals surface area contributed by atoms with Gasteiger partial charge in [-0.25, -0.2) is 12.7 Å². The number of aromatic amines is 1. The third kappa shape index (κ3) is 6.72. The van der Waals surface area contributed by atoms with Crippen LogP contribution in [0.15, 0.2) is 18.3 Å². The van der Waals surface area contributed by atoms with E-state index in [-0.39, 0.29) is 18.3 Å². The lowest BCUT2D eigenvalue weighted by molar-refractivity contribution is -0.0334. The maximum Gasteiger partial charge on any atom is 0.494 e. The fourth-order valence-corrected chi connectivity index (χ4v) is 6.53. The number of primary amides is 1. The Morgan fingerprint density at radius 1 is 1.07 bits per heavy atom. The summed E-state index contributed by atoms with van der Waals surface area (Å²) < 4.78 is 53.8. The second kappa shape index (κ2) is 12.5. The number of hydrogen-bond donors (Lipinski definition) is 2. The van der Waals surface area contributed by atoms with E-state index in [0.29, 0.717) is 37.0 Å². The number of nitrogens with zero attached hydrogens (tertiary/aromatic N) is 1. The van der Waals surface area contributed by atoms with Gasteiger partial charge in [-0.2, -0.15) is 0 Å². The lowest BCUT2D eigenvalue weighted by Gasteiger charge is -2.32. The highest BCUT2D eigenvalue weighted by Gasteiger charge is 2.52. The number of rotatable bonds is 7. The quantitative estimate of drug-likeness (QED) is 0.473. The van der Waals surface area contributed by atoms with Crippen LogP contribution in [0.25, 0.3) is 10.9 Å². The van der Waals surface area contributed by atoms with E-state index in [1.165, 1.54) is 7.11 Å². The Morgan fingerprint density at radius 2 is 1.65 bits per heavy atom. The van der Waals surface area contributed by atoms with Crippen LogP contribution in [-0.2, 0) is 33.5 Å². The molecule has 0 radical (unpaired) electrons. The van der Waals surface area contributed by atoms with Crippen LogP contribution in [0.3, 0.4) is 0 Å². The van der Waals surface area contributed by atoms with E-state index in [1.54, 1.807) is 10.4 Å². The average molecular weight is 580 g/mol. The molecule has 0 saturated carbocycles. The zero-order chi connectivity index (χ0) is 29.1. The van der Waals surface area contributed by atoms with Crippen molar-refractivity contribution in [3.63, 3.8) is 0 Å². The molecule has 11 nitrogen and oxygen atoms in total. The minimum absolute atomic E-state index is 0.0132. The van der Waals surface area contributed by atoms with Gasteiger partial charge in [0.05, 0.1) is 61.1 Å². The van der Waals surface area contributed by atoms with E-state index in [4.69, 9.17) is 29.3 Å². The van der Waals surface area contributed by atoms with Crippen LogP contribution in [0, 0.1) is 0 Å². The minimum atomic E-state index is -3.33. The summed E-state index contributed by atoms with van der Waals surface area (Å²) in [4.78, 5) is 15.5.